The van der Waals surface area contributed by atoms with E-state index in [4.69, 9.17) is 28.9 Å². The second kappa shape index (κ2) is 9.90. The minimum Gasteiger partial charge on any atom is -0.346 e. The molecule has 0 aliphatic carbocycles. The van der Waals surface area contributed by atoms with Gasteiger partial charge < -0.3 is 16.0 Å². The van der Waals surface area contributed by atoms with E-state index in [9.17, 15) is 9.59 Å². The Balaban J connectivity index is 0.00000441. The summed E-state index contributed by atoms with van der Waals surface area (Å²) in [4.78, 5) is 24.9. The number of hydrogen-bond acceptors (Lipinski definition) is 3. The summed E-state index contributed by atoms with van der Waals surface area (Å²) in [6.45, 7) is 3.99. The number of rotatable bonds is 6. The van der Waals surface area contributed by atoms with Crippen LogP contribution < -0.4 is 11.1 Å². The van der Waals surface area contributed by atoms with E-state index >= 15 is 0 Å². The van der Waals surface area contributed by atoms with Crippen molar-refractivity contribution in [2.75, 3.05) is 13.1 Å². The van der Waals surface area contributed by atoms with Gasteiger partial charge in [-0.1, -0.05) is 29.3 Å². The molecule has 0 saturated heterocycles. The maximum Gasteiger partial charge on any atom is 0.242 e. The van der Waals surface area contributed by atoms with Crippen molar-refractivity contribution < 1.29 is 9.59 Å². The van der Waals surface area contributed by atoms with Crippen LogP contribution in [0.3, 0.4) is 0 Å². The molecule has 124 valence electrons. The van der Waals surface area contributed by atoms with E-state index in [0.717, 1.165) is 5.56 Å². The number of nitrogens with one attached hydrogen (secondary N) is 1. The second-order valence-electron chi connectivity index (χ2n) is 4.84. The molecule has 0 bridgehead atoms. The van der Waals surface area contributed by atoms with E-state index < -0.39 is 0 Å². The first-order chi connectivity index (χ1) is 9.85. The van der Waals surface area contributed by atoms with Gasteiger partial charge in [0.2, 0.25) is 11.8 Å². The highest BCUT2D eigenvalue weighted by Crippen LogP contribution is 2.23. The third-order valence-corrected chi connectivity index (χ3v) is 3.64. The second-order valence-corrected chi connectivity index (χ2v) is 5.66. The smallest absolute Gasteiger partial charge is 0.242 e. The lowest BCUT2D eigenvalue weighted by molar-refractivity contribution is -0.134. The maximum absolute atomic E-state index is 12.2. The number of benzene rings is 1. The van der Waals surface area contributed by atoms with Crippen LogP contribution in [-0.4, -0.2) is 35.8 Å². The van der Waals surface area contributed by atoms with E-state index in [0.29, 0.717) is 16.6 Å². The van der Waals surface area contributed by atoms with Crippen LogP contribution >= 0.6 is 35.6 Å². The van der Waals surface area contributed by atoms with E-state index in [1.165, 1.54) is 0 Å². The molecule has 0 heterocycles. The normalized spacial score (nSPS) is 10.1. The summed E-state index contributed by atoms with van der Waals surface area (Å²) in [5, 5.41) is 3.39. The largest absolute Gasteiger partial charge is 0.346 e. The third kappa shape index (κ3) is 6.40. The predicted molar refractivity (Wildman–Crippen MR) is 91.5 cm³/mol. The molecule has 0 aliphatic rings. The molecular weight excluding hydrogens is 349 g/mol. The highest BCUT2D eigenvalue weighted by molar-refractivity contribution is 6.42. The molecule has 22 heavy (non-hydrogen) atoms. The van der Waals surface area contributed by atoms with E-state index in [1.54, 1.807) is 17.0 Å². The fraction of sp³-hybridized carbons (Fsp3) is 0.429. The van der Waals surface area contributed by atoms with Gasteiger partial charge in [0.1, 0.15) is 0 Å². The highest BCUT2D eigenvalue weighted by atomic mass is 35.5. The lowest BCUT2D eigenvalue weighted by Gasteiger charge is -2.27. The fourth-order valence-corrected chi connectivity index (χ4v) is 2.06. The van der Waals surface area contributed by atoms with Crippen LogP contribution in [0.15, 0.2) is 18.2 Å². The summed E-state index contributed by atoms with van der Waals surface area (Å²) < 4.78 is 0. The number of hydrogen-bond donors (Lipinski definition) is 2. The lowest BCUT2D eigenvalue weighted by atomic mass is 10.2. The monoisotopic (exact) mass is 367 g/mol. The molecule has 0 aromatic heterocycles. The van der Waals surface area contributed by atoms with E-state index in [2.05, 4.69) is 5.32 Å². The molecule has 1 aromatic carbocycles. The highest BCUT2D eigenvalue weighted by Gasteiger charge is 2.18. The Morgan fingerprint density at radius 1 is 1.27 bits per heavy atom. The molecule has 8 heteroatoms. The summed E-state index contributed by atoms with van der Waals surface area (Å²) >= 11 is 11.8. The zero-order chi connectivity index (χ0) is 16.0. The summed E-state index contributed by atoms with van der Waals surface area (Å²) in [5.74, 6) is -0.542. The molecule has 2 amide bonds. The van der Waals surface area contributed by atoms with Crippen LogP contribution in [0.1, 0.15) is 19.4 Å². The van der Waals surface area contributed by atoms with Gasteiger partial charge in [0.15, 0.2) is 0 Å². The molecule has 0 aliphatic heterocycles. The Morgan fingerprint density at radius 2 is 1.91 bits per heavy atom. The van der Waals surface area contributed by atoms with Gasteiger partial charge in [-0.3, -0.25) is 9.59 Å². The van der Waals surface area contributed by atoms with Gasteiger partial charge in [-0.25, -0.2) is 0 Å². The van der Waals surface area contributed by atoms with Crippen LogP contribution in [0.4, 0.5) is 0 Å². The molecule has 0 fully saturated rings. The Bertz CT molecular complexity index is 524. The maximum atomic E-state index is 12.2. The number of carbonyl (C=O) groups excluding carboxylic acids is 2. The van der Waals surface area contributed by atoms with Gasteiger partial charge in [0.05, 0.1) is 23.1 Å². The van der Waals surface area contributed by atoms with Crippen molar-refractivity contribution in [3.8, 4) is 0 Å². The molecule has 0 saturated carbocycles. The Kier molecular flexibility index (Phi) is 9.44. The molecule has 0 unspecified atom stereocenters. The summed E-state index contributed by atoms with van der Waals surface area (Å²) in [7, 11) is 0. The first kappa shape index (κ1) is 21.0. The molecule has 0 atom stereocenters. The topological polar surface area (TPSA) is 75.4 Å². The average molecular weight is 369 g/mol. The van der Waals surface area contributed by atoms with Gasteiger partial charge in [0.25, 0.3) is 0 Å². The van der Waals surface area contributed by atoms with Gasteiger partial charge >= 0.3 is 0 Å². The molecule has 1 aromatic rings. The van der Waals surface area contributed by atoms with Gasteiger partial charge in [-0.15, -0.1) is 12.4 Å². The quantitative estimate of drug-likeness (QED) is 0.808. The Morgan fingerprint density at radius 3 is 2.41 bits per heavy atom. The average Bonchev–Trinajstić information content (AvgIpc) is 2.45. The molecule has 1 rings (SSSR count). The van der Waals surface area contributed by atoms with Crippen LogP contribution in [0.5, 0.6) is 0 Å². The first-order valence-electron chi connectivity index (χ1n) is 6.55. The molecule has 3 N–H and O–H groups in total. The van der Waals surface area contributed by atoms with Crippen LogP contribution in [0.2, 0.25) is 10.0 Å². The van der Waals surface area contributed by atoms with Crippen molar-refractivity contribution in [2.45, 2.75) is 26.4 Å². The zero-order valence-corrected chi connectivity index (χ0v) is 14.8. The van der Waals surface area contributed by atoms with Gasteiger partial charge in [-0.05, 0) is 31.5 Å². The first-order valence-corrected chi connectivity index (χ1v) is 7.31. The van der Waals surface area contributed by atoms with E-state index in [-0.39, 0.29) is 43.4 Å². The SMILES string of the molecule is CC(C)N(Cc1ccc(Cl)c(Cl)c1)C(=O)CNC(=O)CN.Cl. The minimum absolute atomic E-state index is 0. The van der Waals surface area contributed by atoms with Crippen molar-refractivity contribution in [1.29, 1.82) is 0 Å². The van der Waals surface area contributed by atoms with Crippen molar-refractivity contribution >= 4 is 47.4 Å². The van der Waals surface area contributed by atoms with Crippen LogP contribution in [0.25, 0.3) is 0 Å². The Hall–Kier alpha value is -1.01. The number of amides is 2. The van der Waals surface area contributed by atoms with Crippen LogP contribution in [-0.2, 0) is 16.1 Å². The number of nitrogens with zero attached hydrogens (tertiary/aromatic N) is 1. The van der Waals surface area contributed by atoms with Crippen LogP contribution in [0, 0.1) is 0 Å². The number of halogens is 3. The summed E-state index contributed by atoms with van der Waals surface area (Å²) in [6, 6.07) is 5.22. The van der Waals surface area contributed by atoms with Gasteiger partial charge in [-0.2, -0.15) is 0 Å². The number of carbonyl (C=O) groups is 2. The lowest BCUT2D eigenvalue weighted by Crippen LogP contribution is -2.44. The van der Waals surface area contributed by atoms with Crippen molar-refractivity contribution in [3.05, 3.63) is 33.8 Å². The van der Waals surface area contributed by atoms with Crippen molar-refractivity contribution in [2.24, 2.45) is 5.73 Å². The number of nitrogens with two attached hydrogens (primary N) is 1. The molecule has 0 radical (unpaired) electrons. The summed E-state index contributed by atoms with van der Waals surface area (Å²) in [6.07, 6.45) is 0. The third-order valence-electron chi connectivity index (χ3n) is 2.90. The molecule has 0 spiro atoms. The fourth-order valence-electron chi connectivity index (χ4n) is 1.74. The van der Waals surface area contributed by atoms with Crippen molar-refractivity contribution in [3.63, 3.8) is 0 Å². The zero-order valence-electron chi connectivity index (χ0n) is 12.4. The minimum atomic E-state index is -0.360. The van der Waals surface area contributed by atoms with Crippen molar-refractivity contribution in [1.82, 2.24) is 10.2 Å². The standard InChI is InChI=1S/C14H19Cl2N3O2.ClH/c1-9(2)19(14(21)7-18-13(20)6-17)8-10-3-4-11(15)12(16)5-10;/h3-5,9H,6-8,17H2,1-2H3,(H,18,20);1H. The molecular formula is C14H20Cl3N3O2. The molecule has 5 nitrogen and oxygen atoms in total. The summed E-state index contributed by atoms with van der Waals surface area (Å²) in [5.41, 5.74) is 6.06. The van der Waals surface area contributed by atoms with Gasteiger partial charge in [0, 0.05) is 12.6 Å². The Labute approximate surface area is 146 Å². The van der Waals surface area contributed by atoms with E-state index in [1.807, 2.05) is 19.9 Å². The predicted octanol–water partition coefficient (Wildman–Crippen LogP) is 2.23.